The molecule has 1 unspecified atom stereocenters. The number of fused-ring (bicyclic) bond motifs is 2. The molecule has 1 saturated heterocycles. The van der Waals surface area contributed by atoms with Gasteiger partial charge in [-0.1, -0.05) is 12.1 Å². The van der Waals surface area contributed by atoms with Crippen molar-refractivity contribution in [2.45, 2.75) is 45.2 Å². The molecule has 0 N–H and O–H groups in total. The van der Waals surface area contributed by atoms with Crippen LogP contribution in [0.25, 0.3) is 33.4 Å². The largest absolute Gasteiger partial charge is 0.381 e. The SMILES string of the molecule is Cc1ccc2cc(-c3ccn(C)n3)ncc2c1-c1nc(C2CCOCC2)n2c1CN(C)C(=O)C2C. The summed E-state index contributed by atoms with van der Waals surface area (Å²) < 4.78 is 9.62. The second-order valence-electron chi connectivity index (χ2n) is 9.82. The van der Waals surface area contributed by atoms with E-state index in [1.165, 1.54) is 0 Å². The smallest absolute Gasteiger partial charge is 0.245 e. The molecule has 6 rings (SSSR count). The van der Waals surface area contributed by atoms with E-state index in [4.69, 9.17) is 14.7 Å². The number of aromatic nitrogens is 5. The van der Waals surface area contributed by atoms with Crippen LogP contribution in [0.2, 0.25) is 0 Å². The molecule has 3 aromatic heterocycles. The zero-order valence-electron chi connectivity index (χ0n) is 20.7. The van der Waals surface area contributed by atoms with Crippen LogP contribution >= 0.6 is 0 Å². The first-order valence-electron chi connectivity index (χ1n) is 12.3. The fourth-order valence-electron chi connectivity index (χ4n) is 5.58. The maximum atomic E-state index is 13.0. The number of likely N-dealkylation sites (N-methyl/N-ethyl adjacent to an activating group) is 1. The van der Waals surface area contributed by atoms with Gasteiger partial charge in [0.15, 0.2) is 0 Å². The molecule has 1 amide bonds. The van der Waals surface area contributed by atoms with Gasteiger partial charge in [0, 0.05) is 56.6 Å². The van der Waals surface area contributed by atoms with E-state index < -0.39 is 0 Å². The van der Waals surface area contributed by atoms with Crippen molar-refractivity contribution in [2.24, 2.45) is 7.05 Å². The number of pyridine rings is 1. The summed E-state index contributed by atoms with van der Waals surface area (Å²) in [7, 11) is 3.79. The Hall–Kier alpha value is -3.52. The third-order valence-corrected chi connectivity index (χ3v) is 7.46. The van der Waals surface area contributed by atoms with Crippen molar-refractivity contribution in [3.63, 3.8) is 0 Å². The lowest BCUT2D eigenvalue weighted by atomic mass is 9.96. The van der Waals surface area contributed by atoms with Crippen LogP contribution in [0.5, 0.6) is 0 Å². The van der Waals surface area contributed by atoms with Crippen LogP contribution in [-0.4, -0.2) is 55.4 Å². The van der Waals surface area contributed by atoms with Gasteiger partial charge in [-0.15, -0.1) is 0 Å². The number of imidazole rings is 1. The van der Waals surface area contributed by atoms with E-state index in [1.807, 2.05) is 44.4 Å². The van der Waals surface area contributed by atoms with Gasteiger partial charge in [0.2, 0.25) is 5.91 Å². The first-order chi connectivity index (χ1) is 16.9. The molecular weight excluding hydrogens is 440 g/mol. The second-order valence-corrected chi connectivity index (χ2v) is 9.82. The molecule has 8 heteroatoms. The van der Waals surface area contributed by atoms with Gasteiger partial charge in [0.25, 0.3) is 0 Å². The highest BCUT2D eigenvalue weighted by Gasteiger charge is 2.36. The van der Waals surface area contributed by atoms with Crippen molar-refractivity contribution in [3.8, 4) is 22.6 Å². The van der Waals surface area contributed by atoms with Gasteiger partial charge in [-0.3, -0.25) is 14.5 Å². The lowest BCUT2D eigenvalue weighted by Gasteiger charge is -2.33. The van der Waals surface area contributed by atoms with E-state index in [-0.39, 0.29) is 11.9 Å². The van der Waals surface area contributed by atoms with Crippen LogP contribution in [0.15, 0.2) is 36.7 Å². The summed E-state index contributed by atoms with van der Waals surface area (Å²) in [5.41, 5.74) is 6.02. The van der Waals surface area contributed by atoms with Gasteiger partial charge in [-0.25, -0.2) is 4.98 Å². The van der Waals surface area contributed by atoms with Crippen molar-refractivity contribution in [1.29, 1.82) is 0 Å². The molecule has 0 saturated carbocycles. The molecule has 2 aliphatic rings. The Morgan fingerprint density at radius 2 is 1.89 bits per heavy atom. The number of aryl methyl sites for hydroxylation is 2. The molecule has 4 aromatic rings. The Morgan fingerprint density at radius 1 is 1.09 bits per heavy atom. The summed E-state index contributed by atoms with van der Waals surface area (Å²) in [6.07, 6.45) is 5.73. The summed E-state index contributed by atoms with van der Waals surface area (Å²) >= 11 is 0. The van der Waals surface area contributed by atoms with E-state index >= 15 is 0 Å². The minimum Gasteiger partial charge on any atom is -0.381 e. The molecule has 1 atom stereocenters. The van der Waals surface area contributed by atoms with Crippen LogP contribution in [-0.2, 0) is 23.1 Å². The number of rotatable bonds is 3. The van der Waals surface area contributed by atoms with Gasteiger partial charge < -0.3 is 14.2 Å². The Balaban J connectivity index is 1.56. The minimum atomic E-state index is -0.271. The summed E-state index contributed by atoms with van der Waals surface area (Å²) in [5, 5.41) is 6.68. The van der Waals surface area contributed by atoms with E-state index in [0.717, 1.165) is 76.6 Å². The van der Waals surface area contributed by atoms with Crippen LogP contribution in [0, 0.1) is 6.92 Å². The highest BCUT2D eigenvalue weighted by molar-refractivity contribution is 5.99. The average molecular weight is 471 g/mol. The minimum absolute atomic E-state index is 0.131. The van der Waals surface area contributed by atoms with E-state index in [1.54, 1.807) is 4.68 Å². The number of nitrogens with zero attached hydrogens (tertiary/aromatic N) is 6. The molecule has 1 fully saturated rings. The zero-order chi connectivity index (χ0) is 24.3. The monoisotopic (exact) mass is 470 g/mol. The Bertz CT molecular complexity index is 1450. The summed E-state index contributed by atoms with van der Waals surface area (Å²) in [6.45, 7) is 6.13. The Kier molecular flexibility index (Phi) is 5.21. The first-order valence-corrected chi connectivity index (χ1v) is 12.3. The van der Waals surface area contributed by atoms with Gasteiger partial charge in [0.05, 0.1) is 23.6 Å². The van der Waals surface area contributed by atoms with E-state index in [2.05, 4.69) is 34.8 Å². The van der Waals surface area contributed by atoms with Gasteiger partial charge >= 0.3 is 0 Å². The van der Waals surface area contributed by atoms with Gasteiger partial charge in [-0.05, 0) is 49.8 Å². The Morgan fingerprint density at radius 3 is 2.63 bits per heavy atom. The Labute approximate surface area is 204 Å². The van der Waals surface area contributed by atoms with Crippen LogP contribution in [0.3, 0.4) is 0 Å². The lowest BCUT2D eigenvalue weighted by molar-refractivity contribution is -0.135. The molecule has 0 bridgehead atoms. The summed E-state index contributed by atoms with van der Waals surface area (Å²) in [5.74, 6) is 1.44. The van der Waals surface area contributed by atoms with E-state index in [9.17, 15) is 4.79 Å². The van der Waals surface area contributed by atoms with Crippen LogP contribution in [0.1, 0.15) is 48.8 Å². The average Bonchev–Trinajstić information content (AvgIpc) is 3.47. The lowest BCUT2D eigenvalue weighted by Crippen LogP contribution is -2.40. The quantitative estimate of drug-likeness (QED) is 0.448. The number of carbonyl (C=O) groups excluding carboxylic acids is 1. The molecule has 35 heavy (non-hydrogen) atoms. The third-order valence-electron chi connectivity index (χ3n) is 7.46. The highest BCUT2D eigenvalue weighted by Crippen LogP contribution is 2.41. The number of carbonyl (C=O) groups is 1. The van der Waals surface area contributed by atoms with Gasteiger partial charge in [0.1, 0.15) is 17.6 Å². The third kappa shape index (κ3) is 3.55. The number of ether oxygens (including phenoxy) is 1. The number of hydrogen-bond donors (Lipinski definition) is 0. The van der Waals surface area contributed by atoms with Gasteiger partial charge in [-0.2, -0.15) is 5.10 Å². The molecule has 8 nitrogen and oxygen atoms in total. The number of amides is 1. The van der Waals surface area contributed by atoms with Crippen molar-refractivity contribution < 1.29 is 9.53 Å². The molecule has 2 aliphatic heterocycles. The summed E-state index contributed by atoms with van der Waals surface area (Å²) in [6, 6.07) is 8.10. The molecule has 0 radical (unpaired) electrons. The second kappa shape index (κ2) is 8.30. The molecule has 180 valence electrons. The fourth-order valence-corrected chi connectivity index (χ4v) is 5.58. The molecular formula is C27H30N6O2. The topological polar surface area (TPSA) is 78.1 Å². The van der Waals surface area contributed by atoms with Crippen LogP contribution < -0.4 is 0 Å². The highest BCUT2D eigenvalue weighted by atomic mass is 16.5. The van der Waals surface area contributed by atoms with Crippen molar-refractivity contribution in [2.75, 3.05) is 20.3 Å². The predicted molar refractivity (Wildman–Crippen MR) is 134 cm³/mol. The van der Waals surface area contributed by atoms with Crippen molar-refractivity contribution in [1.82, 2.24) is 29.2 Å². The molecule has 0 spiro atoms. The molecule has 5 heterocycles. The fraction of sp³-hybridized carbons (Fsp3) is 0.407. The molecule has 1 aromatic carbocycles. The van der Waals surface area contributed by atoms with Crippen molar-refractivity contribution >= 4 is 16.7 Å². The standard InChI is InChI=1S/C27H30N6O2/c1-16-5-6-19-13-22(21-7-10-32(4)30-21)28-14-20(19)24(16)25-23-15-31(3)27(34)17(2)33(23)26(29-25)18-8-11-35-12-9-18/h5-7,10,13-14,17-18H,8-9,11-12,15H2,1-4H3. The predicted octanol–water partition coefficient (Wildman–Crippen LogP) is 4.23. The maximum absolute atomic E-state index is 13.0. The summed E-state index contributed by atoms with van der Waals surface area (Å²) in [4.78, 5) is 24.8. The molecule has 0 aliphatic carbocycles. The van der Waals surface area contributed by atoms with Crippen molar-refractivity contribution in [3.05, 3.63) is 53.7 Å². The van der Waals surface area contributed by atoms with E-state index in [0.29, 0.717) is 12.5 Å². The number of hydrogen-bond acceptors (Lipinski definition) is 5. The van der Waals surface area contributed by atoms with Crippen LogP contribution in [0.4, 0.5) is 0 Å². The zero-order valence-corrected chi connectivity index (χ0v) is 20.7. The number of benzene rings is 1. The first kappa shape index (κ1) is 22.0. The maximum Gasteiger partial charge on any atom is 0.245 e. The normalized spacial score (nSPS) is 18.9.